The summed E-state index contributed by atoms with van der Waals surface area (Å²) in [4.78, 5) is 28.4. The molecule has 6 heteroatoms. The van der Waals surface area contributed by atoms with Crippen molar-refractivity contribution >= 4 is 44.7 Å². The van der Waals surface area contributed by atoms with E-state index in [9.17, 15) is 9.59 Å². The number of hydrogen-bond acceptors (Lipinski definition) is 5. The molecule has 136 valence electrons. The summed E-state index contributed by atoms with van der Waals surface area (Å²) in [7, 11) is 1.54. The van der Waals surface area contributed by atoms with Gasteiger partial charge in [0.05, 0.1) is 17.1 Å². The number of aromatic nitrogens is 1. The lowest BCUT2D eigenvalue weighted by atomic mass is 10.1. The lowest BCUT2D eigenvalue weighted by Crippen LogP contribution is -2.12. The van der Waals surface area contributed by atoms with Gasteiger partial charge >= 0.3 is 5.97 Å². The Bertz CT molecular complexity index is 1020. The van der Waals surface area contributed by atoms with Gasteiger partial charge in [0, 0.05) is 28.8 Å². The highest BCUT2D eigenvalue weighted by molar-refractivity contribution is 9.10. The Morgan fingerprint density at radius 2 is 1.96 bits per heavy atom. The molecule has 0 radical (unpaired) electrons. The number of benzene rings is 2. The summed E-state index contributed by atoms with van der Waals surface area (Å²) in [5, 5.41) is 0.980. The quantitative estimate of drug-likeness (QED) is 0.331. The molecule has 0 bridgehead atoms. The number of pyridine rings is 1. The fourth-order valence-electron chi connectivity index (χ4n) is 2.53. The number of carbonyl (C=O) groups excluding carboxylic acids is 2. The molecule has 3 aromatic rings. The molecule has 0 saturated heterocycles. The first-order chi connectivity index (χ1) is 13.1. The van der Waals surface area contributed by atoms with Crippen LogP contribution in [0.5, 0.6) is 5.75 Å². The maximum Gasteiger partial charge on any atom is 0.331 e. The van der Waals surface area contributed by atoms with Crippen molar-refractivity contribution in [2.75, 3.05) is 13.7 Å². The third kappa shape index (κ3) is 4.60. The second-order valence-corrected chi connectivity index (χ2v) is 6.49. The van der Waals surface area contributed by atoms with Gasteiger partial charge in [0.1, 0.15) is 5.75 Å². The van der Waals surface area contributed by atoms with E-state index in [4.69, 9.17) is 9.47 Å². The SMILES string of the molecule is COc1ccc(C(=O)COC(=O)C=Cc2cccc3cccnc23)cc1Br. The zero-order valence-corrected chi connectivity index (χ0v) is 16.1. The number of ketones is 1. The molecule has 0 amide bonds. The van der Waals surface area contributed by atoms with Crippen molar-refractivity contribution in [1.82, 2.24) is 4.98 Å². The molecule has 5 nitrogen and oxygen atoms in total. The number of Topliss-reactive ketones (excluding diaryl/α,β-unsaturated/α-hetero) is 1. The van der Waals surface area contributed by atoms with Gasteiger partial charge in [-0.2, -0.15) is 0 Å². The molecular weight excluding hydrogens is 410 g/mol. The molecule has 2 aromatic carbocycles. The second-order valence-electron chi connectivity index (χ2n) is 5.64. The maximum atomic E-state index is 12.2. The van der Waals surface area contributed by atoms with Crippen molar-refractivity contribution in [1.29, 1.82) is 0 Å². The van der Waals surface area contributed by atoms with E-state index >= 15 is 0 Å². The average molecular weight is 426 g/mol. The Balaban J connectivity index is 1.63. The van der Waals surface area contributed by atoms with E-state index in [1.165, 1.54) is 6.08 Å². The molecule has 0 N–H and O–H groups in total. The predicted octanol–water partition coefficient (Wildman–Crippen LogP) is 4.45. The molecule has 1 aromatic heterocycles. The number of para-hydroxylation sites is 1. The largest absolute Gasteiger partial charge is 0.496 e. The van der Waals surface area contributed by atoms with Crippen LogP contribution in [0.1, 0.15) is 15.9 Å². The second kappa shape index (κ2) is 8.60. The van der Waals surface area contributed by atoms with E-state index in [1.807, 2.05) is 30.3 Å². The van der Waals surface area contributed by atoms with E-state index in [2.05, 4.69) is 20.9 Å². The molecular formula is C21H16BrNO4. The highest BCUT2D eigenvalue weighted by atomic mass is 79.9. The number of rotatable bonds is 6. The molecule has 0 atom stereocenters. The highest BCUT2D eigenvalue weighted by Gasteiger charge is 2.11. The molecule has 3 rings (SSSR count). The van der Waals surface area contributed by atoms with Crippen molar-refractivity contribution < 1.29 is 19.1 Å². The molecule has 0 aliphatic heterocycles. The number of nitrogens with zero attached hydrogens (tertiary/aromatic N) is 1. The van der Waals surface area contributed by atoms with Gasteiger partial charge in [-0.25, -0.2) is 4.79 Å². The van der Waals surface area contributed by atoms with Crippen molar-refractivity contribution in [3.63, 3.8) is 0 Å². The summed E-state index contributed by atoms with van der Waals surface area (Å²) in [6.45, 7) is -0.338. The minimum Gasteiger partial charge on any atom is -0.496 e. The fraction of sp³-hybridized carbons (Fsp3) is 0.0952. The summed E-state index contributed by atoms with van der Waals surface area (Å²) in [6, 6.07) is 14.4. The molecule has 0 unspecified atom stereocenters. The van der Waals surface area contributed by atoms with Gasteiger partial charge in [-0.3, -0.25) is 9.78 Å². The molecule has 0 spiro atoms. The molecule has 1 heterocycles. The number of methoxy groups -OCH3 is 1. The monoisotopic (exact) mass is 425 g/mol. The normalized spacial score (nSPS) is 10.9. The van der Waals surface area contributed by atoms with E-state index in [1.54, 1.807) is 37.6 Å². The Labute approximate surface area is 164 Å². The van der Waals surface area contributed by atoms with Gasteiger partial charge in [-0.1, -0.05) is 24.3 Å². The van der Waals surface area contributed by atoms with Crippen LogP contribution < -0.4 is 4.74 Å². The Morgan fingerprint density at radius 1 is 1.15 bits per heavy atom. The summed E-state index contributed by atoms with van der Waals surface area (Å²) in [5.41, 5.74) is 2.02. The van der Waals surface area contributed by atoms with E-state index in [0.717, 1.165) is 16.5 Å². The number of carbonyl (C=O) groups is 2. The zero-order valence-electron chi connectivity index (χ0n) is 14.5. The molecule has 0 aliphatic carbocycles. The van der Waals surface area contributed by atoms with Crippen LogP contribution >= 0.6 is 15.9 Å². The van der Waals surface area contributed by atoms with Gasteiger partial charge in [-0.05, 0) is 46.3 Å². The Morgan fingerprint density at radius 3 is 2.74 bits per heavy atom. The van der Waals surface area contributed by atoms with Crippen LogP contribution in [0.4, 0.5) is 0 Å². The highest BCUT2D eigenvalue weighted by Crippen LogP contribution is 2.25. The first kappa shape index (κ1) is 18.8. The molecule has 0 aliphatic rings. The Kier molecular flexibility index (Phi) is 5.98. The number of hydrogen-bond donors (Lipinski definition) is 0. The first-order valence-corrected chi connectivity index (χ1v) is 8.93. The number of ether oxygens (including phenoxy) is 2. The van der Waals surface area contributed by atoms with Gasteiger partial charge in [0.15, 0.2) is 12.4 Å². The van der Waals surface area contributed by atoms with E-state index in [-0.39, 0.29) is 12.4 Å². The van der Waals surface area contributed by atoms with Gasteiger partial charge in [0.2, 0.25) is 0 Å². The minimum absolute atomic E-state index is 0.299. The van der Waals surface area contributed by atoms with Gasteiger partial charge < -0.3 is 9.47 Å². The van der Waals surface area contributed by atoms with Crippen LogP contribution in [0.3, 0.4) is 0 Å². The molecule has 0 fully saturated rings. The lowest BCUT2D eigenvalue weighted by molar-refractivity contribution is -0.136. The van der Waals surface area contributed by atoms with Crippen molar-refractivity contribution in [2.45, 2.75) is 0 Å². The Hall–Kier alpha value is -2.99. The third-order valence-corrected chi connectivity index (χ3v) is 4.50. The average Bonchev–Trinajstić information content (AvgIpc) is 2.70. The smallest absolute Gasteiger partial charge is 0.331 e. The molecule has 27 heavy (non-hydrogen) atoms. The van der Waals surface area contributed by atoms with Crippen molar-refractivity contribution in [3.8, 4) is 5.75 Å². The van der Waals surface area contributed by atoms with Gasteiger partial charge in [-0.15, -0.1) is 0 Å². The summed E-state index contributed by atoms with van der Waals surface area (Å²) in [6.07, 6.45) is 4.62. The lowest BCUT2D eigenvalue weighted by Gasteiger charge is -2.06. The third-order valence-electron chi connectivity index (χ3n) is 3.88. The van der Waals surface area contributed by atoms with E-state index < -0.39 is 5.97 Å². The van der Waals surface area contributed by atoms with E-state index in [0.29, 0.717) is 15.8 Å². The fourth-order valence-corrected chi connectivity index (χ4v) is 3.07. The standard InChI is InChI=1S/C21H16BrNO4/c1-26-19-9-7-16(12-17(19)22)18(24)13-27-20(25)10-8-15-5-2-4-14-6-3-11-23-21(14)15/h2-12H,13H2,1H3. The van der Waals surface area contributed by atoms with Crippen molar-refractivity contribution in [2.24, 2.45) is 0 Å². The maximum absolute atomic E-state index is 12.2. The first-order valence-electron chi connectivity index (χ1n) is 8.14. The van der Waals surface area contributed by atoms with Crippen LogP contribution in [-0.4, -0.2) is 30.5 Å². The van der Waals surface area contributed by atoms with Gasteiger partial charge in [0.25, 0.3) is 0 Å². The van der Waals surface area contributed by atoms with Crippen LogP contribution in [0.2, 0.25) is 0 Å². The number of fused-ring (bicyclic) bond motifs is 1. The summed E-state index contributed by atoms with van der Waals surface area (Å²) in [5.74, 6) is -0.272. The number of halogens is 1. The predicted molar refractivity (Wildman–Crippen MR) is 107 cm³/mol. The summed E-state index contributed by atoms with van der Waals surface area (Å²) >= 11 is 3.32. The zero-order chi connectivity index (χ0) is 19.2. The van der Waals surface area contributed by atoms with Crippen LogP contribution in [0, 0.1) is 0 Å². The molecule has 0 saturated carbocycles. The van der Waals surface area contributed by atoms with Crippen LogP contribution in [0.25, 0.3) is 17.0 Å². The van der Waals surface area contributed by atoms with Crippen LogP contribution in [0.15, 0.2) is 65.3 Å². The minimum atomic E-state index is -0.594. The van der Waals surface area contributed by atoms with Crippen molar-refractivity contribution in [3.05, 3.63) is 76.4 Å². The van der Waals surface area contributed by atoms with Crippen LogP contribution in [-0.2, 0) is 9.53 Å². The summed E-state index contributed by atoms with van der Waals surface area (Å²) < 4.78 is 10.8. The number of esters is 1. The topological polar surface area (TPSA) is 65.5 Å².